The van der Waals surface area contributed by atoms with Crippen LogP contribution in [0.4, 0.5) is 10.5 Å². The molecule has 1 fully saturated rings. The Morgan fingerprint density at radius 2 is 2.25 bits per heavy atom. The van der Waals surface area contributed by atoms with Gasteiger partial charge in [0.1, 0.15) is 5.60 Å². The Morgan fingerprint density at radius 3 is 2.88 bits per heavy atom. The number of hydrogen-bond donors (Lipinski definition) is 0. The van der Waals surface area contributed by atoms with Crippen molar-refractivity contribution in [1.82, 2.24) is 9.88 Å². The van der Waals surface area contributed by atoms with E-state index in [2.05, 4.69) is 4.98 Å². The molecule has 132 valence electrons. The Kier molecular flexibility index (Phi) is 5.53. The van der Waals surface area contributed by atoms with Gasteiger partial charge in [-0.25, -0.2) is 9.78 Å². The maximum atomic E-state index is 12.5. The van der Waals surface area contributed by atoms with Gasteiger partial charge in [-0.3, -0.25) is 14.3 Å². The number of carbonyl (C=O) groups excluding carboxylic acids is 1. The molecule has 0 unspecified atom stereocenters. The quantitative estimate of drug-likeness (QED) is 0.607. The molecule has 1 aromatic heterocycles. The van der Waals surface area contributed by atoms with Crippen LogP contribution in [0.5, 0.6) is 0 Å². The van der Waals surface area contributed by atoms with Gasteiger partial charge in [0.15, 0.2) is 0 Å². The number of rotatable bonds is 4. The van der Waals surface area contributed by atoms with E-state index in [-0.39, 0.29) is 22.5 Å². The number of pyridine rings is 1. The minimum Gasteiger partial charge on any atom is -0.444 e. The van der Waals surface area contributed by atoms with Crippen molar-refractivity contribution < 1.29 is 18.7 Å². The van der Waals surface area contributed by atoms with Crippen molar-refractivity contribution in [2.75, 3.05) is 12.3 Å². The van der Waals surface area contributed by atoms with Crippen LogP contribution in [0.15, 0.2) is 23.4 Å². The fourth-order valence-corrected chi connectivity index (χ4v) is 3.93. The predicted octanol–water partition coefficient (Wildman–Crippen LogP) is 2.50. The zero-order chi connectivity index (χ0) is 17.9. The summed E-state index contributed by atoms with van der Waals surface area (Å²) in [7, 11) is -1.67. The van der Waals surface area contributed by atoms with Gasteiger partial charge in [0, 0.05) is 24.8 Å². The summed E-state index contributed by atoms with van der Waals surface area (Å²) in [5.41, 5.74) is -0.874. The summed E-state index contributed by atoms with van der Waals surface area (Å²) in [6.07, 6.45) is 2.40. The van der Waals surface area contributed by atoms with Crippen molar-refractivity contribution in [3.63, 3.8) is 0 Å². The first-order chi connectivity index (χ1) is 11.2. The van der Waals surface area contributed by atoms with Crippen molar-refractivity contribution in [2.45, 2.75) is 50.3 Å². The van der Waals surface area contributed by atoms with Crippen molar-refractivity contribution in [2.24, 2.45) is 0 Å². The summed E-state index contributed by atoms with van der Waals surface area (Å²) in [5, 5.41) is 11.0. The van der Waals surface area contributed by atoms with E-state index in [0.29, 0.717) is 13.0 Å². The molecule has 0 radical (unpaired) electrons. The molecule has 0 N–H and O–H groups in total. The van der Waals surface area contributed by atoms with Crippen LogP contribution in [0, 0.1) is 10.1 Å². The minimum absolute atomic E-state index is 0.0569. The summed E-state index contributed by atoms with van der Waals surface area (Å²) in [5.74, 6) is 0.108. The molecule has 0 spiro atoms. The number of carbonyl (C=O) groups is 1. The zero-order valence-corrected chi connectivity index (χ0v) is 14.7. The molecule has 1 aromatic rings. The Labute approximate surface area is 142 Å². The second-order valence-corrected chi connectivity index (χ2v) is 7.98. The lowest BCUT2D eigenvalue weighted by atomic mass is 10.2. The molecule has 0 bridgehead atoms. The first-order valence-electron chi connectivity index (χ1n) is 7.66. The number of nitro groups is 1. The van der Waals surface area contributed by atoms with Crippen molar-refractivity contribution >= 4 is 22.6 Å². The van der Waals surface area contributed by atoms with E-state index in [1.54, 1.807) is 25.7 Å². The van der Waals surface area contributed by atoms with E-state index >= 15 is 0 Å². The fourth-order valence-electron chi connectivity index (χ4n) is 2.52. The summed E-state index contributed by atoms with van der Waals surface area (Å²) in [4.78, 5) is 28.1. The first-order valence-corrected chi connectivity index (χ1v) is 8.98. The van der Waals surface area contributed by atoms with Gasteiger partial charge in [0.25, 0.3) is 0 Å². The Bertz CT molecular complexity index is 659. The van der Waals surface area contributed by atoms with E-state index in [4.69, 9.17) is 4.74 Å². The summed E-state index contributed by atoms with van der Waals surface area (Å²) in [6.45, 7) is 5.88. The van der Waals surface area contributed by atoms with Gasteiger partial charge in [-0.15, -0.1) is 0 Å². The van der Waals surface area contributed by atoms with Crippen LogP contribution in [-0.4, -0.2) is 49.0 Å². The number of amides is 1. The van der Waals surface area contributed by atoms with E-state index in [0.717, 1.165) is 6.42 Å². The fraction of sp³-hybridized carbons (Fsp3) is 0.600. The van der Waals surface area contributed by atoms with Crippen LogP contribution in [0.25, 0.3) is 0 Å². The molecule has 8 nitrogen and oxygen atoms in total. The van der Waals surface area contributed by atoms with Crippen LogP contribution >= 0.6 is 0 Å². The highest BCUT2D eigenvalue weighted by molar-refractivity contribution is 7.85. The minimum atomic E-state index is -1.67. The molecule has 1 aliphatic rings. The van der Waals surface area contributed by atoms with Crippen LogP contribution in [-0.2, 0) is 15.5 Å². The number of aromatic nitrogens is 1. The molecule has 1 aliphatic heterocycles. The van der Waals surface area contributed by atoms with Crippen LogP contribution in [0.2, 0.25) is 0 Å². The van der Waals surface area contributed by atoms with E-state index in [1.165, 1.54) is 18.3 Å². The maximum Gasteiger partial charge on any atom is 0.410 e. The molecule has 0 aliphatic carbocycles. The lowest BCUT2D eigenvalue weighted by Gasteiger charge is -2.28. The smallest absolute Gasteiger partial charge is 0.410 e. The summed E-state index contributed by atoms with van der Waals surface area (Å²) < 4.78 is 17.9. The first kappa shape index (κ1) is 18.3. The van der Waals surface area contributed by atoms with Crippen LogP contribution < -0.4 is 0 Å². The molecular weight excluding hydrogens is 334 g/mol. The average Bonchev–Trinajstić information content (AvgIpc) is 2.93. The third kappa shape index (κ3) is 4.50. The third-order valence-corrected chi connectivity index (χ3v) is 4.95. The molecule has 2 atom stereocenters. The van der Waals surface area contributed by atoms with Gasteiger partial charge in [0.05, 0.1) is 21.5 Å². The Hall–Kier alpha value is -2.03. The summed E-state index contributed by atoms with van der Waals surface area (Å²) in [6, 6.07) is 2.43. The molecular formula is C15H21N3O5S. The van der Waals surface area contributed by atoms with E-state index < -0.39 is 27.4 Å². The van der Waals surface area contributed by atoms with Crippen molar-refractivity contribution in [3.8, 4) is 0 Å². The highest BCUT2D eigenvalue weighted by Gasteiger charge is 2.34. The predicted molar refractivity (Wildman–Crippen MR) is 88.1 cm³/mol. The zero-order valence-electron chi connectivity index (χ0n) is 13.9. The monoisotopic (exact) mass is 355 g/mol. The molecule has 2 heterocycles. The lowest BCUT2D eigenvalue weighted by molar-refractivity contribution is -0.388. The Balaban J connectivity index is 2.11. The SMILES string of the molecule is CC(C)(C)OC(=O)N1CCC[C@H]1C[S@@](=O)c1ncccc1[N+](=O)[O-]. The molecule has 2 rings (SSSR count). The highest BCUT2D eigenvalue weighted by atomic mass is 32.2. The van der Waals surface area contributed by atoms with Crippen LogP contribution in [0.3, 0.4) is 0 Å². The second kappa shape index (κ2) is 7.25. The van der Waals surface area contributed by atoms with Gasteiger partial charge < -0.3 is 9.64 Å². The normalized spacial score (nSPS) is 19.1. The largest absolute Gasteiger partial charge is 0.444 e. The number of nitrogens with zero attached hydrogens (tertiary/aromatic N) is 3. The second-order valence-electron chi connectivity index (χ2n) is 6.57. The van der Waals surface area contributed by atoms with Crippen LogP contribution in [0.1, 0.15) is 33.6 Å². The summed E-state index contributed by atoms with van der Waals surface area (Å²) >= 11 is 0. The lowest BCUT2D eigenvalue weighted by Crippen LogP contribution is -2.42. The molecule has 0 aromatic carbocycles. The Morgan fingerprint density at radius 1 is 1.54 bits per heavy atom. The standard InChI is InChI=1S/C15H21N3O5S/c1-15(2,3)23-14(19)17-9-5-6-11(17)10-24(22)13-12(18(20)21)7-4-8-16-13/h4,7-8,11H,5-6,9-10H2,1-3H3/t11-,24+/m0/s1. The number of ether oxygens (including phenoxy) is 1. The molecule has 9 heteroatoms. The topological polar surface area (TPSA) is 103 Å². The maximum absolute atomic E-state index is 12.5. The van der Waals surface area contributed by atoms with Crippen molar-refractivity contribution in [3.05, 3.63) is 28.4 Å². The number of likely N-dealkylation sites (tertiary alicyclic amines) is 1. The van der Waals surface area contributed by atoms with Gasteiger partial charge in [0.2, 0.25) is 5.03 Å². The van der Waals surface area contributed by atoms with E-state index in [1.807, 2.05) is 0 Å². The average molecular weight is 355 g/mol. The molecule has 1 saturated heterocycles. The van der Waals surface area contributed by atoms with Gasteiger partial charge >= 0.3 is 11.8 Å². The molecule has 0 saturated carbocycles. The van der Waals surface area contributed by atoms with Gasteiger partial charge in [-0.2, -0.15) is 0 Å². The third-order valence-electron chi connectivity index (χ3n) is 3.51. The molecule has 24 heavy (non-hydrogen) atoms. The van der Waals surface area contributed by atoms with Gasteiger partial charge in [-0.1, -0.05) is 0 Å². The number of hydrogen-bond acceptors (Lipinski definition) is 6. The van der Waals surface area contributed by atoms with Crippen molar-refractivity contribution in [1.29, 1.82) is 0 Å². The highest BCUT2D eigenvalue weighted by Crippen LogP contribution is 2.25. The molecule has 1 amide bonds. The van der Waals surface area contributed by atoms with Gasteiger partial charge in [-0.05, 0) is 39.7 Å². The van der Waals surface area contributed by atoms with E-state index in [9.17, 15) is 19.1 Å².